The summed E-state index contributed by atoms with van der Waals surface area (Å²) < 4.78 is 6.93. The molecule has 1 unspecified atom stereocenters. The molecule has 0 aliphatic rings. The molecule has 1 atom stereocenters. The number of carbonyl (C=O) groups excluding carboxylic acids is 1. The van der Waals surface area contributed by atoms with Crippen molar-refractivity contribution in [1.82, 2.24) is 14.5 Å². The summed E-state index contributed by atoms with van der Waals surface area (Å²) in [6.45, 7) is 6.66. The predicted molar refractivity (Wildman–Crippen MR) is 124 cm³/mol. The van der Waals surface area contributed by atoms with Crippen LogP contribution < -0.4 is 10.3 Å². The summed E-state index contributed by atoms with van der Waals surface area (Å²) in [7, 11) is 1.61. The molecular weight excluding hydrogens is 390 g/mol. The average molecular weight is 422 g/mol. The number of hydrogen-bond donors (Lipinski definition) is 0. The number of hydrogen-bond acceptors (Lipinski definition) is 4. The highest BCUT2D eigenvalue weighted by Crippen LogP contribution is 2.27. The summed E-state index contributed by atoms with van der Waals surface area (Å²) in [6, 6.07) is 14.4. The molecule has 3 aromatic rings. The van der Waals surface area contributed by atoms with Gasteiger partial charge in [0.2, 0.25) is 5.91 Å². The molecule has 0 radical (unpaired) electrons. The van der Waals surface area contributed by atoms with Gasteiger partial charge in [0.25, 0.3) is 5.56 Å². The average Bonchev–Trinajstić information content (AvgIpc) is 2.81. The van der Waals surface area contributed by atoms with Gasteiger partial charge in [-0.2, -0.15) is 0 Å². The monoisotopic (exact) mass is 421 g/mol. The molecule has 0 fully saturated rings. The molecule has 164 valence electrons. The topological polar surface area (TPSA) is 64.4 Å². The normalized spacial score (nSPS) is 12.0. The lowest BCUT2D eigenvalue weighted by Gasteiger charge is -2.32. The van der Waals surface area contributed by atoms with Crippen molar-refractivity contribution < 1.29 is 9.53 Å². The summed E-state index contributed by atoms with van der Waals surface area (Å²) in [5.41, 5.74) is 1.21. The van der Waals surface area contributed by atoms with Gasteiger partial charge < -0.3 is 9.64 Å². The van der Waals surface area contributed by atoms with Crippen molar-refractivity contribution in [2.24, 2.45) is 0 Å². The Labute approximate surface area is 183 Å². The Balaban J connectivity index is 2.27. The third-order valence-corrected chi connectivity index (χ3v) is 5.57. The highest BCUT2D eigenvalue weighted by molar-refractivity contribution is 5.79. The number of para-hydroxylation sites is 1. The molecule has 2 aromatic carbocycles. The second kappa shape index (κ2) is 10.2. The first-order chi connectivity index (χ1) is 15.0. The van der Waals surface area contributed by atoms with E-state index in [4.69, 9.17) is 9.72 Å². The van der Waals surface area contributed by atoms with Crippen molar-refractivity contribution in [2.45, 2.75) is 52.5 Å². The largest absolute Gasteiger partial charge is 0.497 e. The van der Waals surface area contributed by atoms with E-state index in [9.17, 15) is 9.59 Å². The summed E-state index contributed by atoms with van der Waals surface area (Å²) in [5, 5.41) is 0.554. The summed E-state index contributed by atoms with van der Waals surface area (Å²) >= 11 is 0. The molecule has 0 aliphatic heterocycles. The minimum atomic E-state index is -0.293. The first-order valence-electron chi connectivity index (χ1n) is 11.0. The maximum absolute atomic E-state index is 13.6. The second-order valence-corrected chi connectivity index (χ2v) is 7.54. The second-order valence-electron chi connectivity index (χ2n) is 7.54. The molecular formula is C25H31N3O3. The fourth-order valence-electron chi connectivity index (χ4n) is 3.88. The first kappa shape index (κ1) is 22.5. The number of methoxy groups -OCH3 is 1. The fraction of sp³-hybridized carbons (Fsp3) is 0.400. The highest BCUT2D eigenvalue weighted by atomic mass is 16.5. The lowest BCUT2D eigenvalue weighted by atomic mass is 10.1. The molecule has 6 nitrogen and oxygen atoms in total. The van der Waals surface area contributed by atoms with Crippen LogP contribution in [0, 0.1) is 0 Å². The molecule has 1 amide bonds. The van der Waals surface area contributed by atoms with E-state index in [-0.39, 0.29) is 17.5 Å². The molecule has 1 heterocycles. The maximum Gasteiger partial charge on any atom is 0.266 e. The van der Waals surface area contributed by atoms with Crippen molar-refractivity contribution in [3.8, 4) is 11.4 Å². The Morgan fingerprint density at radius 1 is 1.10 bits per heavy atom. The van der Waals surface area contributed by atoms with Crippen molar-refractivity contribution >= 4 is 16.8 Å². The molecule has 0 aliphatic carbocycles. The zero-order chi connectivity index (χ0) is 22.4. The van der Waals surface area contributed by atoms with Gasteiger partial charge in [-0.3, -0.25) is 14.2 Å². The molecule has 0 saturated carbocycles. The molecule has 0 N–H and O–H groups in total. The number of unbranched alkanes of at least 4 members (excludes halogenated alkanes) is 1. The molecule has 1 aromatic heterocycles. The number of benzene rings is 2. The number of carbonyl (C=O) groups is 1. The standard InChI is InChI=1S/C25H31N3O3/c1-5-8-17-27(23(29)7-3)22(6-2)24-26-21-12-10-9-11-20(21)25(30)28(24)18-13-15-19(31-4)16-14-18/h9-16,22H,5-8,17H2,1-4H3. The van der Waals surface area contributed by atoms with E-state index in [1.54, 1.807) is 17.7 Å². The summed E-state index contributed by atoms with van der Waals surface area (Å²) in [6.07, 6.45) is 2.97. The van der Waals surface area contributed by atoms with Crippen molar-refractivity contribution in [2.75, 3.05) is 13.7 Å². The van der Waals surface area contributed by atoms with Crippen LogP contribution in [0.3, 0.4) is 0 Å². The zero-order valence-corrected chi connectivity index (χ0v) is 18.8. The van der Waals surface area contributed by atoms with Crippen LogP contribution in [0.1, 0.15) is 58.3 Å². The highest BCUT2D eigenvalue weighted by Gasteiger charge is 2.28. The van der Waals surface area contributed by atoms with Gasteiger partial charge >= 0.3 is 0 Å². The van der Waals surface area contributed by atoms with E-state index in [0.717, 1.165) is 12.8 Å². The Kier molecular flexibility index (Phi) is 7.45. The quantitative estimate of drug-likeness (QED) is 0.494. The van der Waals surface area contributed by atoms with Gasteiger partial charge in [-0.15, -0.1) is 0 Å². The number of aromatic nitrogens is 2. The van der Waals surface area contributed by atoms with E-state index in [2.05, 4.69) is 6.92 Å². The van der Waals surface area contributed by atoms with Crippen LogP contribution in [0.2, 0.25) is 0 Å². The summed E-state index contributed by atoms with van der Waals surface area (Å²) in [5.74, 6) is 1.38. The summed E-state index contributed by atoms with van der Waals surface area (Å²) in [4.78, 5) is 33.3. The Morgan fingerprint density at radius 3 is 2.42 bits per heavy atom. The van der Waals surface area contributed by atoms with Gasteiger partial charge in [0.1, 0.15) is 11.6 Å². The lowest BCUT2D eigenvalue weighted by molar-refractivity contribution is -0.133. The number of amides is 1. The number of nitrogens with zero attached hydrogens (tertiary/aromatic N) is 3. The number of ether oxygens (including phenoxy) is 1. The Hall–Kier alpha value is -3.15. The fourth-order valence-corrected chi connectivity index (χ4v) is 3.88. The molecule has 3 rings (SSSR count). The van der Waals surface area contributed by atoms with Crippen LogP contribution in [0.15, 0.2) is 53.3 Å². The van der Waals surface area contributed by atoms with Gasteiger partial charge in [0.15, 0.2) is 0 Å². The predicted octanol–water partition coefficient (Wildman–Crippen LogP) is 4.88. The van der Waals surface area contributed by atoms with Gasteiger partial charge in [0, 0.05) is 13.0 Å². The zero-order valence-electron chi connectivity index (χ0n) is 18.8. The van der Waals surface area contributed by atoms with E-state index in [1.807, 2.05) is 61.2 Å². The van der Waals surface area contributed by atoms with Crippen molar-refractivity contribution in [3.63, 3.8) is 0 Å². The molecule has 31 heavy (non-hydrogen) atoms. The minimum Gasteiger partial charge on any atom is -0.497 e. The third-order valence-electron chi connectivity index (χ3n) is 5.57. The third kappa shape index (κ3) is 4.63. The SMILES string of the molecule is CCCCN(C(=O)CC)C(CC)c1nc2ccccc2c(=O)n1-c1ccc(OC)cc1. The minimum absolute atomic E-state index is 0.0731. The smallest absolute Gasteiger partial charge is 0.266 e. The maximum atomic E-state index is 13.6. The molecule has 0 spiro atoms. The van der Waals surface area contributed by atoms with E-state index in [1.165, 1.54) is 0 Å². The molecule has 0 saturated heterocycles. The lowest BCUT2D eigenvalue weighted by Crippen LogP contribution is -2.38. The molecule has 6 heteroatoms. The van der Waals surface area contributed by atoms with E-state index in [0.29, 0.717) is 47.6 Å². The molecule has 0 bridgehead atoms. The van der Waals surface area contributed by atoms with Crippen LogP contribution in [-0.2, 0) is 4.79 Å². The first-order valence-corrected chi connectivity index (χ1v) is 11.0. The van der Waals surface area contributed by atoms with Gasteiger partial charge in [0.05, 0.1) is 29.7 Å². The Bertz CT molecular complexity index is 1090. The van der Waals surface area contributed by atoms with Crippen LogP contribution in [0.25, 0.3) is 16.6 Å². The number of fused-ring (bicyclic) bond motifs is 1. The van der Waals surface area contributed by atoms with Crippen LogP contribution in [0.4, 0.5) is 0 Å². The van der Waals surface area contributed by atoms with Crippen LogP contribution >= 0.6 is 0 Å². The Morgan fingerprint density at radius 2 is 1.81 bits per heavy atom. The van der Waals surface area contributed by atoms with Gasteiger partial charge in [-0.1, -0.05) is 39.3 Å². The van der Waals surface area contributed by atoms with Gasteiger partial charge in [-0.05, 0) is 49.2 Å². The van der Waals surface area contributed by atoms with Crippen LogP contribution in [-0.4, -0.2) is 34.0 Å². The van der Waals surface area contributed by atoms with Crippen molar-refractivity contribution in [3.05, 3.63) is 64.7 Å². The van der Waals surface area contributed by atoms with Gasteiger partial charge in [-0.25, -0.2) is 4.98 Å². The number of rotatable bonds is 9. The van der Waals surface area contributed by atoms with Crippen molar-refractivity contribution in [1.29, 1.82) is 0 Å². The van der Waals surface area contributed by atoms with E-state index >= 15 is 0 Å². The van der Waals surface area contributed by atoms with Crippen LogP contribution in [0.5, 0.6) is 5.75 Å². The van der Waals surface area contributed by atoms with E-state index < -0.39 is 0 Å².